The maximum Gasteiger partial charge on any atom is 0.351 e. The first-order chi connectivity index (χ1) is 14.4. The van der Waals surface area contributed by atoms with Crippen LogP contribution in [0.1, 0.15) is 39.5 Å². The molecule has 0 saturated carbocycles. The highest BCUT2D eigenvalue weighted by Gasteiger charge is 2.25. The Morgan fingerprint density at radius 2 is 2.00 bits per heavy atom. The molecule has 0 aliphatic rings. The second-order valence-corrected chi connectivity index (χ2v) is 7.90. The zero-order chi connectivity index (χ0) is 21.7. The number of carbonyl (C=O) groups is 2. The van der Waals surface area contributed by atoms with Crippen LogP contribution in [0.4, 0.5) is 5.82 Å². The first-order valence-electron chi connectivity index (χ1n) is 9.15. The van der Waals surface area contributed by atoms with Crippen molar-refractivity contribution >= 4 is 40.6 Å². The largest absolute Gasteiger partial charge is 0.486 e. The maximum absolute atomic E-state index is 12.6. The van der Waals surface area contributed by atoms with Gasteiger partial charge in [-0.15, -0.1) is 11.3 Å². The number of thiazole rings is 1. The highest BCUT2D eigenvalue weighted by atomic mass is 35.5. The van der Waals surface area contributed by atoms with E-state index >= 15 is 0 Å². The zero-order valence-electron chi connectivity index (χ0n) is 16.6. The van der Waals surface area contributed by atoms with Gasteiger partial charge in [0.2, 0.25) is 0 Å². The molecule has 1 aromatic carbocycles. The number of esters is 1. The Balaban J connectivity index is 1.61. The number of nitrogens with zero attached hydrogens (tertiary/aromatic N) is 2. The molecule has 2 heterocycles. The van der Waals surface area contributed by atoms with Crippen molar-refractivity contribution in [1.29, 1.82) is 0 Å². The summed E-state index contributed by atoms with van der Waals surface area (Å²) in [6.07, 6.45) is -0.663. The summed E-state index contributed by atoms with van der Waals surface area (Å²) in [6.45, 7) is 5.36. The molecule has 0 radical (unpaired) electrons. The number of amides is 1. The van der Waals surface area contributed by atoms with Crippen LogP contribution in [0, 0.1) is 13.8 Å². The van der Waals surface area contributed by atoms with E-state index in [4.69, 9.17) is 25.6 Å². The highest BCUT2D eigenvalue weighted by molar-refractivity contribution is 7.13. The van der Waals surface area contributed by atoms with Crippen molar-refractivity contribution in [3.63, 3.8) is 0 Å². The average Bonchev–Trinajstić information content (AvgIpc) is 3.30. The Morgan fingerprint density at radius 1 is 1.27 bits per heavy atom. The molecule has 30 heavy (non-hydrogen) atoms. The third-order valence-corrected chi connectivity index (χ3v) is 5.36. The molecule has 0 spiro atoms. The Bertz CT molecular complexity index is 1030. The minimum absolute atomic E-state index is 0.198. The number of rotatable bonds is 8. The van der Waals surface area contributed by atoms with Crippen LogP contribution < -0.4 is 10.1 Å². The predicted molar refractivity (Wildman–Crippen MR) is 112 cm³/mol. The minimum Gasteiger partial charge on any atom is -0.486 e. The van der Waals surface area contributed by atoms with Crippen molar-refractivity contribution in [2.75, 3.05) is 5.32 Å². The number of carbonyl (C=O) groups excluding carboxylic acids is 2. The van der Waals surface area contributed by atoms with E-state index in [0.717, 1.165) is 0 Å². The summed E-state index contributed by atoms with van der Waals surface area (Å²) in [4.78, 5) is 29.7. The molecule has 1 unspecified atom stereocenters. The van der Waals surface area contributed by atoms with Gasteiger partial charge in [0, 0.05) is 11.1 Å². The first kappa shape index (κ1) is 21.8. The van der Waals surface area contributed by atoms with E-state index in [0.29, 0.717) is 38.5 Å². The number of hydrogen-bond acceptors (Lipinski definition) is 8. The van der Waals surface area contributed by atoms with E-state index in [2.05, 4.69) is 15.5 Å². The van der Waals surface area contributed by atoms with Crippen LogP contribution in [0.5, 0.6) is 5.75 Å². The fraction of sp³-hybridized carbons (Fsp3) is 0.300. The van der Waals surface area contributed by atoms with Gasteiger partial charge in [-0.1, -0.05) is 23.7 Å². The number of anilines is 1. The van der Waals surface area contributed by atoms with Crippen LogP contribution in [0.25, 0.3) is 0 Å². The lowest BCUT2D eigenvalue weighted by atomic mass is 10.2. The van der Waals surface area contributed by atoms with Crippen LogP contribution in [0.15, 0.2) is 34.9 Å². The number of aromatic nitrogens is 2. The SMILES string of the molecule is CCC(OC(=O)c1sc(COc2ccc(Cl)cc2)nc1C)C(=O)Nc1cc(C)on1. The molecular weight excluding hydrogens is 430 g/mol. The number of benzene rings is 1. The maximum atomic E-state index is 12.6. The van der Waals surface area contributed by atoms with Crippen LogP contribution in [-0.4, -0.2) is 28.1 Å². The lowest BCUT2D eigenvalue weighted by Gasteiger charge is -2.14. The van der Waals surface area contributed by atoms with Crippen molar-refractivity contribution in [2.45, 2.75) is 39.9 Å². The molecule has 1 atom stereocenters. The van der Waals surface area contributed by atoms with Crippen molar-refractivity contribution in [3.05, 3.63) is 56.7 Å². The summed E-state index contributed by atoms with van der Waals surface area (Å²) in [7, 11) is 0. The van der Waals surface area contributed by atoms with Gasteiger partial charge < -0.3 is 19.3 Å². The normalized spacial score (nSPS) is 11.7. The van der Waals surface area contributed by atoms with Gasteiger partial charge >= 0.3 is 5.97 Å². The third-order valence-electron chi connectivity index (χ3n) is 3.99. The Hall–Kier alpha value is -2.91. The van der Waals surface area contributed by atoms with Gasteiger partial charge in [0.25, 0.3) is 5.91 Å². The summed E-state index contributed by atoms with van der Waals surface area (Å²) in [5, 5.41) is 7.50. The standard InChI is InChI=1S/C20H20ClN3O5S/c1-4-15(19(25)23-16-9-11(2)29-24-16)28-20(26)18-12(3)22-17(30-18)10-27-14-7-5-13(21)6-8-14/h5-9,15H,4,10H2,1-3H3,(H,23,24,25). The van der Waals surface area contributed by atoms with E-state index < -0.39 is 18.0 Å². The second-order valence-electron chi connectivity index (χ2n) is 6.38. The Labute approximate surface area is 182 Å². The summed E-state index contributed by atoms with van der Waals surface area (Å²) in [5.74, 6) is 0.377. The van der Waals surface area contributed by atoms with Gasteiger partial charge in [-0.3, -0.25) is 4.79 Å². The highest BCUT2D eigenvalue weighted by Crippen LogP contribution is 2.23. The van der Waals surface area contributed by atoms with Crippen LogP contribution >= 0.6 is 22.9 Å². The summed E-state index contributed by atoms with van der Waals surface area (Å²) >= 11 is 7.02. The Kier molecular flexibility index (Phi) is 7.07. The van der Waals surface area contributed by atoms with E-state index in [1.165, 1.54) is 11.3 Å². The fourth-order valence-corrected chi connectivity index (χ4v) is 3.50. The van der Waals surface area contributed by atoms with Crippen LogP contribution in [0.2, 0.25) is 5.02 Å². The second kappa shape index (κ2) is 9.73. The number of nitrogens with one attached hydrogen (secondary N) is 1. The monoisotopic (exact) mass is 449 g/mol. The number of halogens is 1. The Morgan fingerprint density at radius 3 is 2.63 bits per heavy atom. The fourth-order valence-electron chi connectivity index (χ4n) is 2.52. The number of hydrogen-bond donors (Lipinski definition) is 1. The number of ether oxygens (including phenoxy) is 2. The van der Waals surface area contributed by atoms with E-state index in [-0.39, 0.29) is 12.4 Å². The van der Waals surface area contributed by atoms with E-state index in [1.807, 2.05) is 0 Å². The summed E-state index contributed by atoms with van der Waals surface area (Å²) in [6, 6.07) is 8.52. The van der Waals surface area contributed by atoms with E-state index in [9.17, 15) is 9.59 Å². The minimum atomic E-state index is -0.968. The summed E-state index contributed by atoms with van der Waals surface area (Å²) < 4.78 is 16.0. The van der Waals surface area contributed by atoms with Gasteiger partial charge in [0.05, 0.1) is 5.69 Å². The van der Waals surface area contributed by atoms with E-state index in [1.54, 1.807) is 51.1 Å². The average molecular weight is 450 g/mol. The van der Waals surface area contributed by atoms with Crippen molar-refractivity contribution in [1.82, 2.24) is 10.1 Å². The lowest BCUT2D eigenvalue weighted by molar-refractivity contribution is -0.124. The van der Waals surface area contributed by atoms with Gasteiger partial charge in [-0.2, -0.15) is 0 Å². The van der Waals surface area contributed by atoms with Crippen molar-refractivity contribution in [3.8, 4) is 5.75 Å². The zero-order valence-corrected chi connectivity index (χ0v) is 18.2. The van der Waals surface area contributed by atoms with Gasteiger partial charge in [0.15, 0.2) is 11.9 Å². The van der Waals surface area contributed by atoms with Crippen LogP contribution in [-0.2, 0) is 16.1 Å². The topological polar surface area (TPSA) is 104 Å². The van der Waals surface area contributed by atoms with Gasteiger partial charge in [-0.05, 0) is 44.5 Å². The van der Waals surface area contributed by atoms with Gasteiger partial charge in [0.1, 0.15) is 28.0 Å². The molecule has 0 fully saturated rings. The molecule has 0 saturated heterocycles. The smallest absolute Gasteiger partial charge is 0.351 e. The molecule has 0 aliphatic carbocycles. The molecule has 0 aliphatic heterocycles. The molecule has 10 heteroatoms. The molecular formula is C20H20ClN3O5S. The van der Waals surface area contributed by atoms with Crippen molar-refractivity contribution < 1.29 is 23.6 Å². The molecule has 0 bridgehead atoms. The van der Waals surface area contributed by atoms with Crippen LogP contribution in [0.3, 0.4) is 0 Å². The summed E-state index contributed by atoms with van der Waals surface area (Å²) in [5.41, 5.74) is 0.516. The third kappa shape index (κ3) is 5.58. The predicted octanol–water partition coefficient (Wildman–Crippen LogP) is 4.55. The molecule has 1 amide bonds. The molecule has 3 aromatic rings. The molecule has 8 nitrogen and oxygen atoms in total. The molecule has 2 aromatic heterocycles. The molecule has 3 rings (SSSR count). The first-order valence-corrected chi connectivity index (χ1v) is 10.3. The van der Waals surface area contributed by atoms with Crippen molar-refractivity contribution in [2.24, 2.45) is 0 Å². The van der Waals surface area contributed by atoms with Gasteiger partial charge in [-0.25, -0.2) is 9.78 Å². The number of aryl methyl sites for hydroxylation is 2. The molecule has 158 valence electrons. The lowest BCUT2D eigenvalue weighted by Crippen LogP contribution is -2.32. The quantitative estimate of drug-likeness (QED) is 0.503. The molecule has 1 N–H and O–H groups in total.